The third kappa shape index (κ3) is 2.08. The summed E-state index contributed by atoms with van der Waals surface area (Å²) in [4.78, 5) is 0. The molecular weight excluding hydrogens is 347 g/mol. The van der Waals surface area contributed by atoms with Crippen molar-refractivity contribution in [2.75, 3.05) is 0 Å². The van der Waals surface area contributed by atoms with E-state index in [0.717, 1.165) is 0 Å². The highest BCUT2D eigenvalue weighted by molar-refractivity contribution is 5.89. The lowest BCUT2D eigenvalue weighted by molar-refractivity contribution is -0.287. The molecule has 1 aromatic rings. The monoisotopic (exact) mass is 366 g/mol. The second-order valence-corrected chi connectivity index (χ2v) is 6.92. The Kier molecular flexibility index (Phi) is 4.42. The molecule has 2 heterocycles. The molecule has 3 rings (SSSR count). The summed E-state index contributed by atoms with van der Waals surface area (Å²) >= 11 is 0. The van der Waals surface area contributed by atoms with Crippen LogP contribution >= 0.6 is 0 Å². The van der Waals surface area contributed by atoms with Gasteiger partial charge in [-0.25, -0.2) is 4.39 Å². The first-order valence-corrected chi connectivity index (χ1v) is 8.87. The number of hydrogen-bond acceptors (Lipinski definition) is 6. The number of rotatable bonds is 4. The molecule has 0 spiro atoms. The fourth-order valence-electron chi connectivity index (χ4n) is 4.64. The Bertz CT molecular complexity index is 898. The van der Waals surface area contributed by atoms with E-state index in [9.17, 15) is 20.2 Å². The average molecular weight is 366 g/mol. The van der Waals surface area contributed by atoms with Gasteiger partial charge in [-0.05, 0) is 18.9 Å². The maximum Gasteiger partial charge on any atom is 0.217 e. The van der Waals surface area contributed by atoms with Gasteiger partial charge in [-0.3, -0.25) is 5.41 Å². The van der Waals surface area contributed by atoms with Gasteiger partial charge >= 0.3 is 0 Å². The van der Waals surface area contributed by atoms with Gasteiger partial charge < -0.3 is 9.47 Å². The van der Waals surface area contributed by atoms with Gasteiger partial charge in [0.25, 0.3) is 0 Å². The van der Waals surface area contributed by atoms with Crippen LogP contribution in [0.2, 0.25) is 0 Å². The topological polar surface area (TPSA) is 114 Å². The van der Waals surface area contributed by atoms with Crippen LogP contribution in [0, 0.1) is 62.0 Å². The van der Waals surface area contributed by atoms with Crippen LogP contribution in [-0.4, -0.2) is 11.7 Å². The molecule has 0 radical (unpaired) electrons. The van der Waals surface area contributed by atoms with E-state index in [0.29, 0.717) is 19.3 Å². The molecule has 2 aliphatic rings. The zero-order valence-corrected chi connectivity index (χ0v) is 15.1. The SMILES string of the molecule is CCCC12OC(=N)C(C#N)(C1CC)C(C#N)(C#N)C(c1ccccc1F)O2. The molecule has 0 aromatic heterocycles. The van der Waals surface area contributed by atoms with Gasteiger partial charge in [0.1, 0.15) is 11.9 Å². The van der Waals surface area contributed by atoms with Crippen molar-refractivity contribution in [2.45, 2.75) is 45.0 Å². The molecule has 2 bridgehead atoms. The Morgan fingerprint density at radius 1 is 1.15 bits per heavy atom. The van der Waals surface area contributed by atoms with E-state index < -0.39 is 40.4 Å². The van der Waals surface area contributed by atoms with Crippen molar-refractivity contribution in [3.63, 3.8) is 0 Å². The molecule has 4 atom stereocenters. The van der Waals surface area contributed by atoms with Gasteiger partial charge in [0.2, 0.25) is 17.1 Å². The van der Waals surface area contributed by atoms with Crippen LogP contribution in [-0.2, 0) is 9.47 Å². The van der Waals surface area contributed by atoms with Crippen LogP contribution in [0.15, 0.2) is 24.3 Å². The van der Waals surface area contributed by atoms with Crippen molar-refractivity contribution in [3.8, 4) is 18.2 Å². The Morgan fingerprint density at radius 2 is 1.81 bits per heavy atom. The maximum atomic E-state index is 14.6. The summed E-state index contributed by atoms with van der Waals surface area (Å²) in [5.74, 6) is -3.13. The maximum absolute atomic E-state index is 14.6. The second kappa shape index (κ2) is 6.34. The Hall–Kier alpha value is -2.95. The fraction of sp³-hybridized carbons (Fsp3) is 0.500. The molecule has 27 heavy (non-hydrogen) atoms. The highest BCUT2D eigenvalue weighted by Gasteiger charge is 2.79. The average Bonchev–Trinajstić information content (AvgIpc) is 2.86. The highest BCUT2D eigenvalue weighted by atomic mass is 19.1. The van der Waals surface area contributed by atoms with Crippen LogP contribution in [0.1, 0.15) is 44.8 Å². The van der Waals surface area contributed by atoms with Crippen molar-refractivity contribution in [2.24, 2.45) is 16.7 Å². The summed E-state index contributed by atoms with van der Waals surface area (Å²) in [5.41, 5.74) is -3.95. The minimum Gasteiger partial charge on any atom is -0.447 e. The first kappa shape index (κ1) is 18.8. The van der Waals surface area contributed by atoms with E-state index in [1.54, 1.807) is 13.0 Å². The summed E-state index contributed by atoms with van der Waals surface area (Å²) in [6.45, 7) is 3.70. The number of fused-ring (bicyclic) bond motifs is 2. The summed E-state index contributed by atoms with van der Waals surface area (Å²) < 4.78 is 26.6. The minimum absolute atomic E-state index is 0.00792. The van der Waals surface area contributed by atoms with Crippen molar-refractivity contribution in [1.82, 2.24) is 0 Å². The largest absolute Gasteiger partial charge is 0.447 e. The quantitative estimate of drug-likeness (QED) is 0.866. The standard InChI is InChI=1S/C20H19FN4O2/c1-3-9-20-15(4-2)19(12-24,17(25)27-20)18(10-22,11-23)16(26-20)13-7-5-6-8-14(13)21/h5-8,15-16,25H,3-4,9H2,1-2H3. The van der Waals surface area contributed by atoms with Crippen LogP contribution in [0.4, 0.5) is 4.39 Å². The van der Waals surface area contributed by atoms with Gasteiger partial charge in [-0.1, -0.05) is 32.0 Å². The van der Waals surface area contributed by atoms with Crippen LogP contribution in [0.25, 0.3) is 0 Å². The molecule has 7 heteroatoms. The van der Waals surface area contributed by atoms with Crippen molar-refractivity contribution >= 4 is 5.90 Å². The summed E-state index contributed by atoms with van der Waals surface area (Å²) in [5, 5.41) is 38.6. The summed E-state index contributed by atoms with van der Waals surface area (Å²) in [7, 11) is 0. The van der Waals surface area contributed by atoms with Crippen molar-refractivity contribution < 1.29 is 13.9 Å². The molecule has 1 N–H and O–H groups in total. The van der Waals surface area contributed by atoms with Gasteiger partial charge in [-0.2, -0.15) is 15.8 Å². The number of nitrogens with zero attached hydrogens (tertiary/aromatic N) is 3. The molecule has 0 saturated carbocycles. The Balaban J connectivity index is 2.37. The predicted octanol–water partition coefficient (Wildman–Crippen LogP) is 3.97. The van der Waals surface area contributed by atoms with Gasteiger partial charge in [0.15, 0.2) is 5.41 Å². The molecule has 4 unspecified atom stereocenters. The van der Waals surface area contributed by atoms with Crippen LogP contribution in [0.3, 0.4) is 0 Å². The lowest BCUT2D eigenvalue weighted by atomic mass is 9.52. The fourth-order valence-corrected chi connectivity index (χ4v) is 4.64. The summed E-state index contributed by atoms with van der Waals surface area (Å²) in [6, 6.07) is 11.6. The molecule has 2 aliphatic heterocycles. The smallest absolute Gasteiger partial charge is 0.217 e. The first-order valence-electron chi connectivity index (χ1n) is 8.87. The number of ether oxygens (including phenoxy) is 2. The van der Waals surface area contributed by atoms with Crippen molar-refractivity contribution in [1.29, 1.82) is 21.2 Å². The molecule has 2 fully saturated rings. The predicted molar refractivity (Wildman–Crippen MR) is 92.2 cm³/mol. The van der Waals surface area contributed by atoms with Gasteiger partial charge in [0, 0.05) is 12.0 Å². The van der Waals surface area contributed by atoms with Gasteiger partial charge in [0.05, 0.1) is 24.1 Å². The normalized spacial score (nSPS) is 33.4. The lowest BCUT2D eigenvalue weighted by Crippen LogP contribution is -2.59. The first-order chi connectivity index (χ1) is 12.9. The zero-order chi connectivity index (χ0) is 19.9. The Labute approximate surface area is 157 Å². The van der Waals surface area contributed by atoms with E-state index in [4.69, 9.17) is 14.9 Å². The van der Waals surface area contributed by atoms with Crippen LogP contribution in [0.5, 0.6) is 0 Å². The lowest BCUT2D eigenvalue weighted by Gasteiger charge is -2.49. The minimum atomic E-state index is -2.12. The van der Waals surface area contributed by atoms with Crippen LogP contribution < -0.4 is 0 Å². The van der Waals surface area contributed by atoms with E-state index >= 15 is 0 Å². The number of halogens is 1. The zero-order valence-electron chi connectivity index (χ0n) is 15.1. The molecular formula is C20H19FN4O2. The third-order valence-electron chi connectivity index (χ3n) is 5.74. The molecule has 138 valence electrons. The van der Waals surface area contributed by atoms with Crippen molar-refractivity contribution in [3.05, 3.63) is 35.6 Å². The van der Waals surface area contributed by atoms with E-state index in [1.165, 1.54) is 18.2 Å². The van der Waals surface area contributed by atoms with E-state index in [2.05, 4.69) is 6.07 Å². The third-order valence-corrected chi connectivity index (χ3v) is 5.74. The summed E-state index contributed by atoms with van der Waals surface area (Å²) in [6.07, 6.45) is -0.00713. The molecule has 0 amide bonds. The Morgan fingerprint density at radius 3 is 2.33 bits per heavy atom. The molecule has 2 saturated heterocycles. The van der Waals surface area contributed by atoms with E-state index in [-0.39, 0.29) is 5.56 Å². The van der Waals surface area contributed by atoms with E-state index in [1.807, 2.05) is 19.1 Å². The molecule has 0 aliphatic carbocycles. The number of nitrogens with one attached hydrogen (secondary N) is 1. The van der Waals surface area contributed by atoms with Gasteiger partial charge in [-0.15, -0.1) is 0 Å². The number of nitriles is 3. The second-order valence-electron chi connectivity index (χ2n) is 6.92. The highest BCUT2D eigenvalue weighted by Crippen LogP contribution is 2.68. The molecule has 6 nitrogen and oxygen atoms in total. The molecule has 1 aromatic carbocycles. The number of benzene rings is 1. The number of hydrogen-bond donors (Lipinski definition) is 1.